The van der Waals surface area contributed by atoms with Crippen molar-refractivity contribution in [2.75, 3.05) is 15.5 Å². The average molecular weight is 532 g/mol. The van der Waals surface area contributed by atoms with E-state index in [1.165, 1.54) is 24.3 Å². The van der Waals surface area contributed by atoms with Crippen molar-refractivity contribution in [2.24, 2.45) is 0 Å². The summed E-state index contributed by atoms with van der Waals surface area (Å²) < 4.78 is 5.16. The van der Waals surface area contributed by atoms with Crippen molar-refractivity contribution in [3.8, 4) is 0 Å². The summed E-state index contributed by atoms with van der Waals surface area (Å²) in [5.74, 6) is -2.20. The second-order valence-electron chi connectivity index (χ2n) is 8.81. The van der Waals surface area contributed by atoms with Gasteiger partial charge in [0.05, 0.1) is 17.4 Å². The number of imide groups is 1. The van der Waals surface area contributed by atoms with Crippen LogP contribution < -0.4 is 15.5 Å². The van der Waals surface area contributed by atoms with Crippen LogP contribution in [0.2, 0.25) is 0 Å². The number of nitrogens with one attached hydrogen (secondary N) is 2. The molecule has 3 amide bonds. The van der Waals surface area contributed by atoms with Gasteiger partial charge in [0.25, 0.3) is 17.7 Å². The van der Waals surface area contributed by atoms with Gasteiger partial charge in [0.2, 0.25) is 0 Å². The van der Waals surface area contributed by atoms with Gasteiger partial charge in [-0.05, 0) is 74.4 Å². The molecule has 1 aliphatic rings. The summed E-state index contributed by atoms with van der Waals surface area (Å²) >= 11 is 6.25. The number of nitrogens with zero attached hydrogens (tertiary/aromatic N) is 1. The first kappa shape index (κ1) is 26.6. The van der Waals surface area contributed by atoms with E-state index in [2.05, 4.69) is 10.6 Å². The maximum atomic E-state index is 13.2. The summed E-state index contributed by atoms with van der Waals surface area (Å²) in [5.41, 5.74) is 2.91. The van der Waals surface area contributed by atoms with Gasteiger partial charge < -0.3 is 15.4 Å². The van der Waals surface area contributed by atoms with Crippen LogP contribution in [0.15, 0.2) is 83.5 Å². The van der Waals surface area contributed by atoms with Crippen molar-refractivity contribution < 1.29 is 23.9 Å². The monoisotopic (exact) mass is 531 g/mol. The Morgan fingerprint density at radius 2 is 1.63 bits per heavy atom. The molecule has 1 aliphatic heterocycles. The highest BCUT2D eigenvalue weighted by Crippen LogP contribution is 2.30. The first-order valence-electron chi connectivity index (χ1n) is 12.1. The van der Waals surface area contributed by atoms with Gasteiger partial charge in [0, 0.05) is 16.9 Å². The zero-order chi connectivity index (χ0) is 27.4. The van der Waals surface area contributed by atoms with Crippen LogP contribution in [0.4, 0.5) is 17.1 Å². The standard InChI is InChI=1S/C29H26ClN3O5/c1-4-18-8-5-6-11-23(18)32-26(34)20-9-7-10-21(16-20)31-25-24(30)27(35)33(28(25)36)22-14-12-19(13-15-22)29(37)38-17(2)3/h5-17,31H,4H2,1-3H3,(H,32,34). The second kappa shape index (κ2) is 11.3. The number of benzene rings is 3. The lowest BCUT2D eigenvalue weighted by molar-refractivity contribution is -0.120. The van der Waals surface area contributed by atoms with Crippen LogP contribution in [0.5, 0.6) is 0 Å². The van der Waals surface area contributed by atoms with Crippen LogP contribution >= 0.6 is 11.6 Å². The van der Waals surface area contributed by atoms with E-state index in [9.17, 15) is 19.2 Å². The molecule has 38 heavy (non-hydrogen) atoms. The second-order valence-corrected chi connectivity index (χ2v) is 9.18. The summed E-state index contributed by atoms with van der Waals surface area (Å²) in [7, 11) is 0. The van der Waals surface area contributed by atoms with Crippen LogP contribution in [0, 0.1) is 0 Å². The molecule has 0 saturated heterocycles. The van der Waals surface area contributed by atoms with E-state index in [4.69, 9.17) is 16.3 Å². The van der Waals surface area contributed by atoms with Gasteiger partial charge in [0.15, 0.2) is 0 Å². The molecule has 0 fully saturated rings. The third-order valence-electron chi connectivity index (χ3n) is 5.77. The minimum atomic E-state index is -0.707. The van der Waals surface area contributed by atoms with Crippen LogP contribution in [0.3, 0.4) is 0 Å². The van der Waals surface area contributed by atoms with Crippen molar-refractivity contribution in [3.63, 3.8) is 0 Å². The van der Waals surface area contributed by atoms with E-state index in [-0.39, 0.29) is 34.0 Å². The van der Waals surface area contributed by atoms with Crippen molar-refractivity contribution in [1.29, 1.82) is 0 Å². The summed E-state index contributed by atoms with van der Waals surface area (Å²) in [4.78, 5) is 51.9. The minimum Gasteiger partial charge on any atom is -0.459 e. The lowest BCUT2D eigenvalue weighted by atomic mass is 10.1. The summed E-state index contributed by atoms with van der Waals surface area (Å²) in [6.45, 7) is 5.48. The number of carbonyl (C=O) groups is 4. The van der Waals surface area contributed by atoms with Crippen molar-refractivity contribution in [1.82, 2.24) is 0 Å². The summed E-state index contributed by atoms with van der Waals surface area (Å²) in [6, 6.07) is 19.9. The third kappa shape index (κ3) is 5.60. The number of hydrogen-bond acceptors (Lipinski definition) is 6. The summed E-state index contributed by atoms with van der Waals surface area (Å²) in [6.07, 6.45) is 0.486. The Labute approximate surface area is 225 Å². The van der Waals surface area contributed by atoms with Gasteiger partial charge in [-0.1, -0.05) is 42.8 Å². The predicted octanol–water partition coefficient (Wildman–Crippen LogP) is 5.50. The molecule has 194 valence electrons. The molecule has 0 radical (unpaired) electrons. The fourth-order valence-electron chi connectivity index (χ4n) is 3.90. The molecule has 4 rings (SSSR count). The first-order chi connectivity index (χ1) is 18.2. The first-order valence-corrected chi connectivity index (χ1v) is 12.4. The number of ether oxygens (including phenoxy) is 1. The van der Waals surface area contributed by atoms with Crippen LogP contribution in [-0.2, 0) is 20.7 Å². The lowest BCUT2D eigenvalue weighted by Crippen LogP contribution is -2.32. The Balaban J connectivity index is 1.50. The van der Waals surface area contributed by atoms with Gasteiger partial charge in [-0.2, -0.15) is 0 Å². The number of aryl methyl sites for hydroxylation is 1. The fraction of sp³-hybridized carbons (Fsp3) is 0.172. The zero-order valence-electron chi connectivity index (χ0n) is 21.1. The van der Waals surface area contributed by atoms with E-state index in [1.54, 1.807) is 38.1 Å². The Morgan fingerprint density at radius 3 is 2.32 bits per heavy atom. The Hall–Kier alpha value is -4.43. The molecule has 0 aromatic heterocycles. The predicted molar refractivity (Wildman–Crippen MR) is 146 cm³/mol. The molecule has 0 unspecified atom stereocenters. The maximum absolute atomic E-state index is 13.2. The van der Waals surface area contributed by atoms with Gasteiger partial charge in [-0.25, -0.2) is 9.69 Å². The van der Waals surface area contributed by atoms with E-state index in [0.29, 0.717) is 11.3 Å². The van der Waals surface area contributed by atoms with Crippen LogP contribution in [0.25, 0.3) is 0 Å². The highest BCUT2D eigenvalue weighted by atomic mass is 35.5. The normalized spacial score (nSPS) is 13.2. The Bertz CT molecular complexity index is 1450. The Morgan fingerprint density at radius 1 is 0.921 bits per heavy atom. The largest absolute Gasteiger partial charge is 0.459 e. The van der Waals surface area contributed by atoms with E-state index >= 15 is 0 Å². The number of esters is 1. The maximum Gasteiger partial charge on any atom is 0.338 e. The molecule has 2 N–H and O–H groups in total. The third-order valence-corrected chi connectivity index (χ3v) is 6.12. The van der Waals surface area contributed by atoms with Gasteiger partial charge in [-0.15, -0.1) is 0 Å². The summed E-state index contributed by atoms with van der Waals surface area (Å²) in [5, 5.41) is 5.51. The highest BCUT2D eigenvalue weighted by molar-refractivity contribution is 6.53. The lowest BCUT2D eigenvalue weighted by Gasteiger charge is -2.16. The number of hydrogen-bond donors (Lipinski definition) is 2. The Kier molecular flexibility index (Phi) is 7.93. The quantitative estimate of drug-likeness (QED) is 0.294. The van der Waals surface area contributed by atoms with Crippen LogP contribution in [0.1, 0.15) is 47.1 Å². The molecule has 9 heteroatoms. The number of para-hydroxylation sites is 1. The molecule has 3 aromatic carbocycles. The van der Waals surface area contributed by atoms with Gasteiger partial charge >= 0.3 is 5.97 Å². The molecular formula is C29H26ClN3O5. The molecular weight excluding hydrogens is 506 g/mol. The van der Waals surface area contributed by atoms with Gasteiger partial charge in [0.1, 0.15) is 10.7 Å². The molecule has 8 nitrogen and oxygen atoms in total. The fourth-order valence-corrected chi connectivity index (χ4v) is 4.11. The van der Waals surface area contributed by atoms with Crippen molar-refractivity contribution in [3.05, 3.63) is 100 Å². The molecule has 0 atom stereocenters. The number of halogens is 1. The molecule has 0 aliphatic carbocycles. The van der Waals surface area contributed by atoms with E-state index in [0.717, 1.165) is 22.6 Å². The van der Waals surface area contributed by atoms with Crippen molar-refractivity contribution >= 4 is 52.4 Å². The van der Waals surface area contributed by atoms with E-state index < -0.39 is 17.8 Å². The van der Waals surface area contributed by atoms with E-state index in [1.807, 2.05) is 31.2 Å². The van der Waals surface area contributed by atoms with Crippen LogP contribution in [-0.4, -0.2) is 29.8 Å². The number of amides is 3. The smallest absolute Gasteiger partial charge is 0.338 e. The van der Waals surface area contributed by atoms with Gasteiger partial charge in [-0.3, -0.25) is 14.4 Å². The topological polar surface area (TPSA) is 105 Å². The SMILES string of the molecule is CCc1ccccc1NC(=O)c1cccc(NC2=C(Cl)C(=O)N(c3ccc(C(=O)OC(C)C)cc3)C2=O)c1. The molecule has 1 heterocycles. The average Bonchev–Trinajstić information content (AvgIpc) is 3.11. The number of rotatable bonds is 8. The molecule has 0 bridgehead atoms. The zero-order valence-corrected chi connectivity index (χ0v) is 21.8. The number of carbonyl (C=O) groups excluding carboxylic acids is 4. The minimum absolute atomic E-state index is 0.117. The molecule has 0 spiro atoms. The van der Waals surface area contributed by atoms with Crippen molar-refractivity contribution in [2.45, 2.75) is 33.3 Å². The highest BCUT2D eigenvalue weighted by Gasteiger charge is 2.39. The molecule has 3 aromatic rings. The number of anilines is 3. The molecule has 0 saturated carbocycles.